The lowest BCUT2D eigenvalue weighted by Crippen LogP contribution is -2.44. The van der Waals surface area contributed by atoms with E-state index in [2.05, 4.69) is 15.8 Å². The quantitative estimate of drug-likeness (QED) is 0.283. The zero-order valence-corrected chi connectivity index (χ0v) is 22.6. The zero-order valence-electron chi connectivity index (χ0n) is 21.0. The number of rotatable bonds is 10. The number of halogens is 1. The second kappa shape index (κ2) is 12.7. The van der Waals surface area contributed by atoms with Crippen LogP contribution in [0.5, 0.6) is 11.5 Å². The predicted octanol–water partition coefficient (Wildman–Crippen LogP) is 3.67. The number of ether oxygens (including phenoxy) is 2. The molecule has 0 saturated carbocycles. The predicted molar refractivity (Wildman–Crippen MR) is 148 cm³/mol. The zero-order chi connectivity index (χ0) is 27.8. The molecule has 0 bridgehead atoms. The summed E-state index contributed by atoms with van der Waals surface area (Å²) in [7, 11) is -2.40. The summed E-state index contributed by atoms with van der Waals surface area (Å²) in [5.74, 6) is -0.127. The summed E-state index contributed by atoms with van der Waals surface area (Å²) < 4.78 is 38.3. The minimum Gasteiger partial charge on any atom is -0.493 e. The lowest BCUT2D eigenvalue weighted by atomic mass is 10.2. The Labute approximate surface area is 231 Å². The molecule has 0 aromatic heterocycles. The summed E-state index contributed by atoms with van der Waals surface area (Å²) in [5, 5.41) is 7.14. The van der Waals surface area contributed by atoms with Crippen LogP contribution in [0.2, 0.25) is 5.02 Å². The second-order valence-corrected chi connectivity index (χ2v) is 10.9. The Morgan fingerprint density at radius 3 is 2.54 bits per heavy atom. The number of hydrogen-bond acceptors (Lipinski definition) is 7. The topological polar surface area (TPSA) is 126 Å². The molecule has 39 heavy (non-hydrogen) atoms. The molecule has 0 radical (unpaired) electrons. The lowest BCUT2D eigenvalue weighted by molar-refractivity contribution is -0.124. The van der Waals surface area contributed by atoms with E-state index < -0.39 is 22.0 Å². The SMILES string of the molecule is COc1cc(/C=N\NC(=O)[C@@H]2CCCN2S(=O)(=O)c2ccc(Cl)cc2)ccc1OCC(=O)Nc1ccccc1. The van der Waals surface area contributed by atoms with Crippen molar-refractivity contribution in [2.75, 3.05) is 25.6 Å². The summed E-state index contributed by atoms with van der Waals surface area (Å²) in [5.41, 5.74) is 3.68. The molecule has 12 heteroatoms. The largest absolute Gasteiger partial charge is 0.493 e. The van der Waals surface area contributed by atoms with Crippen molar-refractivity contribution in [1.82, 2.24) is 9.73 Å². The van der Waals surface area contributed by atoms with Crippen LogP contribution < -0.4 is 20.2 Å². The summed E-state index contributed by atoms with van der Waals surface area (Å²) in [6.07, 6.45) is 2.34. The van der Waals surface area contributed by atoms with Gasteiger partial charge >= 0.3 is 0 Å². The smallest absolute Gasteiger partial charge is 0.262 e. The molecule has 0 unspecified atom stereocenters. The molecule has 4 rings (SSSR count). The maximum Gasteiger partial charge on any atom is 0.262 e. The standard InChI is InChI=1S/C27H27ClN4O6S/c1-37-25-16-19(9-14-24(25)38-18-26(33)30-21-6-3-2-4-7-21)17-29-31-27(34)23-8-5-15-32(23)39(35,36)22-12-10-20(28)11-13-22/h2-4,6-7,9-14,16-17,23H,5,8,15,18H2,1H3,(H,30,33)(H,31,34)/b29-17-/t23-/m0/s1. The number of hydrogen-bond donors (Lipinski definition) is 2. The minimum atomic E-state index is -3.87. The Morgan fingerprint density at radius 1 is 1.08 bits per heavy atom. The van der Waals surface area contributed by atoms with Crippen molar-refractivity contribution in [1.29, 1.82) is 0 Å². The first-order chi connectivity index (χ1) is 18.8. The van der Waals surface area contributed by atoms with Crippen LogP contribution in [0, 0.1) is 0 Å². The molecule has 1 atom stereocenters. The summed E-state index contributed by atoms with van der Waals surface area (Å²) in [4.78, 5) is 25.0. The molecular weight excluding hydrogens is 544 g/mol. The highest BCUT2D eigenvalue weighted by molar-refractivity contribution is 7.89. The van der Waals surface area contributed by atoms with E-state index in [0.717, 1.165) is 0 Å². The van der Waals surface area contributed by atoms with Gasteiger partial charge in [0.2, 0.25) is 10.0 Å². The van der Waals surface area contributed by atoms with Crippen LogP contribution in [0.15, 0.2) is 82.8 Å². The number of sulfonamides is 1. The second-order valence-electron chi connectivity index (χ2n) is 8.58. The Balaban J connectivity index is 1.35. The Kier molecular flexibility index (Phi) is 9.18. The third kappa shape index (κ3) is 7.14. The van der Waals surface area contributed by atoms with Crippen molar-refractivity contribution in [2.24, 2.45) is 5.10 Å². The molecule has 1 aliphatic heterocycles. The maximum absolute atomic E-state index is 13.1. The summed E-state index contributed by atoms with van der Waals surface area (Å²) in [6.45, 7) is 0.0142. The molecule has 1 heterocycles. The highest BCUT2D eigenvalue weighted by Gasteiger charge is 2.39. The van der Waals surface area contributed by atoms with Gasteiger partial charge in [0.15, 0.2) is 18.1 Å². The fraction of sp³-hybridized carbons (Fsp3) is 0.222. The van der Waals surface area contributed by atoms with Gasteiger partial charge in [0, 0.05) is 17.3 Å². The number of nitrogens with one attached hydrogen (secondary N) is 2. The third-order valence-corrected chi connectivity index (χ3v) is 8.09. The number of benzene rings is 3. The van der Waals surface area contributed by atoms with E-state index in [1.807, 2.05) is 18.2 Å². The molecule has 3 aromatic carbocycles. The normalized spacial score (nSPS) is 15.7. The molecule has 204 valence electrons. The van der Waals surface area contributed by atoms with Crippen molar-refractivity contribution >= 4 is 45.3 Å². The third-order valence-electron chi connectivity index (χ3n) is 5.92. The van der Waals surface area contributed by atoms with Crippen LogP contribution in [0.3, 0.4) is 0 Å². The lowest BCUT2D eigenvalue weighted by Gasteiger charge is -2.22. The van der Waals surface area contributed by atoms with Crippen LogP contribution in [0.1, 0.15) is 18.4 Å². The van der Waals surface area contributed by atoms with Gasteiger partial charge in [0.25, 0.3) is 11.8 Å². The van der Waals surface area contributed by atoms with Crippen molar-refractivity contribution in [2.45, 2.75) is 23.8 Å². The molecule has 0 spiro atoms. The van der Waals surface area contributed by atoms with Gasteiger partial charge in [-0.1, -0.05) is 29.8 Å². The van der Waals surface area contributed by atoms with E-state index >= 15 is 0 Å². The molecule has 3 aromatic rings. The first kappa shape index (κ1) is 28.1. The molecular formula is C27H27ClN4O6S. The van der Waals surface area contributed by atoms with E-state index in [-0.39, 0.29) is 24.0 Å². The first-order valence-corrected chi connectivity index (χ1v) is 13.9. The highest BCUT2D eigenvalue weighted by atomic mass is 35.5. The van der Waals surface area contributed by atoms with Gasteiger partial charge in [-0.05, 0) is 73.0 Å². The number of hydrazone groups is 1. The number of anilines is 1. The summed E-state index contributed by atoms with van der Waals surface area (Å²) >= 11 is 5.87. The Hall–Kier alpha value is -3.93. The van der Waals surface area contributed by atoms with Gasteiger partial charge in [-0.2, -0.15) is 9.41 Å². The van der Waals surface area contributed by atoms with E-state index in [0.29, 0.717) is 40.6 Å². The van der Waals surface area contributed by atoms with Gasteiger partial charge in [0.05, 0.1) is 18.2 Å². The number of para-hydroxylation sites is 1. The molecule has 2 amide bonds. The van der Waals surface area contributed by atoms with E-state index in [4.69, 9.17) is 21.1 Å². The minimum absolute atomic E-state index is 0.0713. The number of nitrogens with zero attached hydrogens (tertiary/aromatic N) is 2. The fourth-order valence-electron chi connectivity index (χ4n) is 4.02. The highest BCUT2D eigenvalue weighted by Crippen LogP contribution is 2.28. The summed E-state index contributed by atoms with van der Waals surface area (Å²) in [6, 6.07) is 18.9. The molecule has 10 nitrogen and oxygen atoms in total. The van der Waals surface area contributed by atoms with Crippen LogP contribution in [0.25, 0.3) is 0 Å². The van der Waals surface area contributed by atoms with Gasteiger partial charge in [-0.25, -0.2) is 13.8 Å². The van der Waals surface area contributed by atoms with Crippen LogP contribution >= 0.6 is 11.6 Å². The van der Waals surface area contributed by atoms with Crippen LogP contribution in [-0.4, -0.2) is 57.1 Å². The molecule has 2 N–H and O–H groups in total. The Bertz CT molecular complexity index is 1450. The van der Waals surface area contributed by atoms with E-state index in [1.165, 1.54) is 41.9 Å². The number of carbonyl (C=O) groups is 2. The van der Waals surface area contributed by atoms with Crippen LogP contribution in [-0.2, 0) is 19.6 Å². The van der Waals surface area contributed by atoms with Gasteiger partial charge in [-0.3, -0.25) is 9.59 Å². The number of amides is 2. The average Bonchev–Trinajstić information content (AvgIpc) is 3.44. The van der Waals surface area contributed by atoms with E-state index in [1.54, 1.807) is 30.3 Å². The first-order valence-electron chi connectivity index (χ1n) is 12.0. The van der Waals surface area contributed by atoms with Gasteiger partial charge < -0.3 is 14.8 Å². The van der Waals surface area contributed by atoms with Crippen molar-refractivity contribution in [3.63, 3.8) is 0 Å². The number of methoxy groups -OCH3 is 1. The molecule has 1 saturated heterocycles. The Morgan fingerprint density at radius 2 is 1.82 bits per heavy atom. The fourth-order valence-corrected chi connectivity index (χ4v) is 5.80. The van der Waals surface area contributed by atoms with Gasteiger partial charge in [-0.15, -0.1) is 0 Å². The number of carbonyl (C=O) groups excluding carboxylic acids is 2. The molecule has 1 fully saturated rings. The van der Waals surface area contributed by atoms with Crippen molar-refractivity contribution in [3.8, 4) is 11.5 Å². The maximum atomic E-state index is 13.1. The molecule has 0 aliphatic carbocycles. The van der Waals surface area contributed by atoms with Crippen LogP contribution in [0.4, 0.5) is 5.69 Å². The monoisotopic (exact) mass is 570 g/mol. The van der Waals surface area contributed by atoms with Crippen molar-refractivity contribution < 1.29 is 27.5 Å². The molecule has 1 aliphatic rings. The van der Waals surface area contributed by atoms with Gasteiger partial charge in [0.1, 0.15) is 6.04 Å². The van der Waals surface area contributed by atoms with Crippen molar-refractivity contribution in [3.05, 3.63) is 83.4 Å². The average molecular weight is 571 g/mol. The van der Waals surface area contributed by atoms with E-state index in [9.17, 15) is 18.0 Å².